The zero-order chi connectivity index (χ0) is 19.8. The van der Waals surface area contributed by atoms with Crippen molar-refractivity contribution in [3.8, 4) is 0 Å². The van der Waals surface area contributed by atoms with Gasteiger partial charge in [-0.2, -0.15) is 0 Å². The quantitative estimate of drug-likeness (QED) is 0.751. The molecule has 2 heterocycles. The fourth-order valence-corrected chi connectivity index (χ4v) is 4.09. The highest BCUT2D eigenvalue weighted by Crippen LogP contribution is 2.37. The normalized spacial score (nSPS) is 17.7. The summed E-state index contributed by atoms with van der Waals surface area (Å²) in [6.45, 7) is 5.49. The first-order valence-corrected chi connectivity index (χ1v) is 9.68. The van der Waals surface area contributed by atoms with Gasteiger partial charge in [-0.25, -0.2) is 9.29 Å². The number of imide groups is 1. The number of hydrogen-bond acceptors (Lipinski definition) is 3. The van der Waals surface area contributed by atoms with E-state index >= 15 is 0 Å². The van der Waals surface area contributed by atoms with Crippen LogP contribution < -0.4 is 4.90 Å². The molecule has 0 unspecified atom stereocenters. The fourth-order valence-electron chi connectivity index (χ4n) is 4.09. The van der Waals surface area contributed by atoms with Gasteiger partial charge in [0.25, 0.3) is 11.8 Å². The summed E-state index contributed by atoms with van der Waals surface area (Å²) in [6, 6.07) is 11.4. The molecule has 1 saturated heterocycles. The van der Waals surface area contributed by atoms with E-state index in [1.807, 2.05) is 36.9 Å². The molecule has 0 spiro atoms. The van der Waals surface area contributed by atoms with E-state index in [0.717, 1.165) is 49.0 Å². The molecule has 0 saturated carbocycles. The van der Waals surface area contributed by atoms with Crippen LogP contribution in [0, 0.1) is 19.7 Å². The minimum atomic E-state index is -0.401. The van der Waals surface area contributed by atoms with E-state index in [-0.39, 0.29) is 11.8 Å². The van der Waals surface area contributed by atoms with Crippen LogP contribution in [0.2, 0.25) is 0 Å². The van der Waals surface area contributed by atoms with E-state index < -0.39 is 5.82 Å². The third-order valence-electron chi connectivity index (χ3n) is 5.47. The topological polar surface area (TPSA) is 40.6 Å². The Kier molecular flexibility index (Phi) is 4.75. The zero-order valence-electron chi connectivity index (χ0n) is 16.2. The van der Waals surface area contributed by atoms with Gasteiger partial charge in [-0.05, 0) is 68.5 Å². The fraction of sp³-hybridized carbons (Fsp3) is 0.304. The maximum Gasteiger partial charge on any atom is 0.282 e. The van der Waals surface area contributed by atoms with Crippen LogP contribution in [0.3, 0.4) is 0 Å². The van der Waals surface area contributed by atoms with Gasteiger partial charge in [0.15, 0.2) is 0 Å². The second kappa shape index (κ2) is 7.23. The summed E-state index contributed by atoms with van der Waals surface area (Å²) in [5.41, 5.74) is 4.18. The van der Waals surface area contributed by atoms with Crippen LogP contribution in [0.4, 0.5) is 10.1 Å². The average molecular weight is 378 g/mol. The number of likely N-dealkylation sites (tertiary alicyclic amines) is 1. The Bertz CT molecular complexity index is 973. The van der Waals surface area contributed by atoms with Crippen LogP contribution in [-0.4, -0.2) is 29.8 Å². The van der Waals surface area contributed by atoms with Gasteiger partial charge < -0.3 is 4.90 Å². The third kappa shape index (κ3) is 3.11. The average Bonchev–Trinajstić information content (AvgIpc) is 2.94. The van der Waals surface area contributed by atoms with Gasteiger partial charge in [0.05, 0.1) is 11.3 Å². The molecule has 2 aliphatic rings. The van der Waals surface area contributed by atoms with Gasteiger partial charge in [-0.1, -0.05) is 23.8 Å². The number of carbonyl (C=O) groups excluding carboxylic acids is 2. The molecule has 0 aliphatic carbocycles. The first kappa shape index (κ1) is 18.4. The molecular formula is C23H23FN2O2. The second-order valence-electron chi connectivity index (χ2n) is 7.51. The lowest BCUT2D eigenvalue weighted by molar-refractivity contribution is -0.120. The lowest BCUT2D eigenvalue weighted by atomic mass is 9.97. The van der Waals surface area contributed by atoms with E-state index in [1.165, 1.54) is 29.2 Å². The lowest BCUT2D eigenvalue weighted by Gasteiger charge is -2.29. The standard InChI is InChI=1S/C23H23FN2O2/c1-15-6-11-19(16(2)14-15)20-21(25-12-4-3-5-13-25)23(28)26(22(20)27)18-9-7-17(24)8-10-18/h6-11,14H,3-5,12-13H2,1-2H3. The van der Waals surface area contributed by atoms with E-state index in [9.17, 15) is 14.0 Å². The summed E-state index contributed by atoms with van der Waals surface area (Å²) in [5.74, 6) is -1.07. The van der Waals surface area contributed by atoms with Crippen LogP contribution in [0.5, 0.6) is 0 Å². The Morgan fingerprint density at radius 2 is 1.54 bits per heavy atom. The summed E-state index contributed by atoms with van der Waals surface area (Å²) < 4.78 is 13.4. The number of amides is 2. The maximum absolute atomic E-state index is 13.4. The van der Waals surface area contributed by atoms with Gasteiger partial charge in [0.1, 0.15) is 11.5 Å². The Morgan fingerprint density at radius 3 is 2.18 bits per heavy atom. The smallest absolute Gasteiger partial charge is 0.282 e. The van der Waals surface area contributed by atoms with Crippen molar-refractivity contribution in [2.75, 3.05) is 18.0 Å². The van der Waals surface area contributed by atoms with Crippen molar-refractivity contribution < 1.29 is 14.0 Å². The van der Waals surface area contributed by atoms with Crippen molar-refractivity contribution in [1.82, 2.24) is 4.90 Å². The van der Waals surface area contributed by atoms with Crippen molar-refractivity contribution in [2.45, 2.75) is 33.1 Å². The second-order valence-corrected chi connectivity index (χ2v) is 7.51. The zero-order valence-corrected chi connectivity index (χ0v) is 16.2. The maximum atomic E-state index is 13.4. The van der Waals surface area contributed by atoms with Crippen LogP contribution >= 0.6 is 0 Å². The molecule has 2 aromatic carbocycles. The van der Waals surface area contributed by atoms with Gasteiger partial charge >= 0.3 is 0 Å². The Labute approximate surface area is 164 Å². The van der Waals surface area contributed by atoms with Gasteiger partial charge in [0.2, 0.25) is 0 Å². The summed E-state index contributed by atoms with van der Waals surface area (Å²) in [7, 11) is 0. The lowest BCUT2D eigenvalue weighted by Crippen LogP contribution is -2.37. The molecule has 28 heavy (non-hydrogen) atoms. The van der Waals surface area contributed by atoms with Gasteiger partial charge in [-0.15, -0.1) is 0 Å². The molecule has 2 amide bonds. The molecule has 0 radical (unpaired) electrons. The molecule has 4 nitrogen and oxygen atoms in total. The molecule has 2 aliphatic heterocycles. The van der Waals surface area contributed by atoms with Crippen molar-refractivity contribution in [3.63, 3.8) is 0 Å². The number of halogens is 1. The number of piperidine rings is 1. The number of nitrogens with zero attached hydrogens (tertiary/aromatic N) is 2. The number of carbonyl (C=O) groups is 2. The monoisotopic (exact) mass is 378 g/mol. The Balaban J connectivity index is 1.85. The highest BCUT2D eigenvalue weighted by atomic mass is 19.1. The predicted molar refractivity (Wildman–Crippen MR) is 107 cm³/mol. The molecule has 0 bridgehead atoms. The van der Waals surface area contributed by atoms with E-state index in [2.05, 4.69) is 0 Å². The molecular weight excluding hydrogens is 355 g/mol. The summed E-state index contributed by atoms with van der Waals surface area (Å²) in [5, 5.41) is 0. The Morgan fingerprint density at radius 1 is 0.857 bits per heavy atom. The summed E-state index contributed by atoms with van der Waals surface area (Å²) in [6.07, 6.45) is 3.13. The third-order valence-corrected chi connectivity index (χ3v) is 5.47. The van der Waals surface area contributed by atoms with E-state index in [0.29, 0.717) is 17.0 Å². The highest BCUT2D eigenvalue weighted by Gasteiger charge is 2.43. The van der Waals surface area contributed by atoms with Gasteiger partial charge in [0, 0.05) is 13.1 Å². The Hall–Kier alpha value is -2.95. The van der Waals surface area contributed by atoms with Crippen LogP contribution in [-0.2, 0) is 9.59 Å². The number of aryl methyl sites for hydroxylation is 2. The molecule has 0 aromatic heterocycles. The molecule has 5 heteroatoms. The minimum Gasteiger partial charge on any atom is -0.366 e. The van der Waals surface area contributed by atoms with E-state index in [1.54, 1.807) is 0 Å². The molecule has 2 aromatic rings. The SMILES string of the molecule is Cc1ccc(C2=C(N3CCCCC3)C(=O)N(c3ccc(F)cc3)C2=O)c(C)c1. The predicted octanol–water partition coefficient (Wildman–Crippen LogP) is 4.21. The number of anilines is 1. The highest BCUT2D eigenvalue weighted by molar-refractivity contribution is 6.45. The van der Waals surface area contributed by atoms with Crippen molar-refractivity contribution in [2.24, 2.45) is 0 Å². The van der Waals surface area contributed by atoms with Crippen molar-refractivity contribution in [3.05, 3.63) is 70.7 Å². The van der Waals surface area contributed by atoms with Crippen molar-refractivity contribution in [1.29, 1.82) is 0 Å². The molecule has 144 valence electrons. The summed E-state index contributed by atoms with van der Waals surface area (Å²) >= 11 is 0. The van der Waals surface area contributed by atoms with Crippen molar-refractivity contribution >= 4 is 23.1 Å². The largest absolute Gasteiger partial charge is 0.366 e. The first-order valence-electron chi connectivity index (χ1n) is 9.68. The number of hydrogen-bond donors (Lipinski definition) is 0. The number of rotatable bonds is 3. The molecule has 0 N–H and O–H groups in total. The molecule has 4 rings (SSSR count). The summed E-state index contributed by atoms with van der Waals surface area (Å²) in [4.78, 5) is 30.0. The number of benzene rings is 2. The van der Waals surface area contributed by atoms with Crippen LogP contribution in [0.1, 0.15) is 36.0 Å². The van der Waals surface area contributed by atoms with E-state index in [4.69, 9.17) is 0 Å². The van der Waals surface area contributed by atoms with Crippen LogP contribution in [0.25, 0.3) is 5.57 Å². The van der Waals surface area contributed by atoms with Gasteiger partial charge in [-0.3, -0.25) is 9.59 Å². The minimum absolute atomic E-state index is 0.325. The molecule has 1 fully saturated rings. The van der Waals surface area contributed by atoms with Crippen LogP contribution in [0.15, 0.2) is 48.2 Å². The first-order chi connectivity index (χ1) is 13.5. The molecule has 0 atom stereocenters.